The van der Waals surface area contributed by atoms with Crippen molar-refractivity contribution in [3.05, 3.63) is 0 Å². The highest BCUT2D eigenvalue weighted by Crippen LogP contribution is 2.47. The van der Waals surface area contributed by atoms with E-state index in [1.54, 1.807) is 0 Å². The van der Waals surface area contributed by atoms with Crippen LogP contribution in [0.15, 0.2) is 0 Å². The SMILES string of the molecule is COP(=O)(CN)OO[P+](=O)O. The largest absolute Gasteiger partial charge is 0.726 e. The highest BCUT2D eigenvalue weighted by Gasteiger charge is 2.28. The summed E-state index contributed by atoms with van der Waals surface area (Å²) in [6.07, 6.45) is -0.424. The Bertz CT molecular complexity index is 173. The third kappa shape index (κ3) is 4.55. The second kappa shape index (κ2) is 4.90. The lowest BCUT2D eigenvalue weighted by atomic mass is 11.6. The Balaban J connectivity index is 3.89. The van der Waals surface area contributed by atoms with Gasteiger partial charge in [-0.25, -0.2) is 0 Å². The number of hydrogen-bond acceptors (Lipinski definition) is 6. The number of hydrogen-bond donors (Lipinski definition) is 2. The van der Waals surface area contributed by atoms with Crippen LogP contribution in [0.4, 0.5) is 0 Å². The van der Waals surface area contributed by atoms with Crippen LogP contribution in [-0.4, -0.2) is 18.3 Å². The first-order valence-corrected chi connectivity index (χ1v) is 5.27. The quantitative estimate of drug-likeness (QED) is 0.377. The molecule has 0 fully saturated rings. The summed E-state index contributed by atoms with van der Waals surface area (Å²) in [7, 11) is -5.39. The second-order valence-electron chi connectivity index (χ2n) is 1.36. The van der Waals surface area contributed by atoms with E-state index in [1.165, 1.54) is 0 Å². The minimum atomic E-state index is -3.52. The molecular weight excluding hydrogens is 196 g/mol. The van der Waals surface area contributed by atoms with E-state index in [1.807, 2.05) is 0 Å². The second-order valence-corrected chi connectivity index (χ2v) is 4.09. The minimum Gasteiger partial charge on any atom is -0.320 e. The Morgan fingerprint density at radius 2 is 2.27 bits per heavy atom. The summed E-state index contributed by atoms with van der Waals surface area (Å²) in [5, 5.41) is 0. The molecule has 0 saturated carbocycles. The van der Waals surface area contributed by atoms with Crippen molar-refractivity contribution in [2.24, 2.45) is 5.73 Å². The molecule has 11 heavy (non-hydrogen) atoms. The van der Waals surface area contributed by atoms with Crippen molar-refractivity contribution in [2.45, 2.75) is 0 Å². The maximum atomic E-state index is 10.9. The molecule has 0 spiro atoms. The maximum Gasteiger partial charge on any atom is 0.726 e. The van der Waals surface area contributed by atoms with Crippen LogP contribution >= 0.6 is 15.9 Å². The molecule has 66 valence electrons. The molecule has 0 saturated heterocycles. The molecule has 0 aliphatic heterocycles. The van der Waals surface area contributed by atoms with Crippen molar-refractivity contribution < 1.29 is 27.9 Å². The van der Waals surface area contributed by atoms with E-state index in [0.29, 0.717) is 0 Å². The van der Waals surface area contributed by atoms with Gasteiger partial charge in [0.25, 0.3) is 0 Å². The van der Waals surface area contributed by atoms with E-state index in [9.17, 15) is 9.13 Å². The normalized spacial score (nSPS) is 17.5. The molecule has 0 aromatic heterocycles. The van der Waals surface area contributed by atoms with Crippen molar-refractivity contribution in [1.82, 2.24) is 0 Å². The Morgan fingerprint density at radius 3 is 2.55 bits per heavy atom. The molecule has 0 aromatic rings. The van der Waals surface area contributed by atoms with Gasteiger partial charge in [-0.1, -0.05) is 4.67 Å². The molecule has 0 heterocycles. The molecule has 3 N–H and O–H groups in total. The number of nitrogens with two attached hydrogens (primary N) is 1. The van der Waals surface area contributed by atoms with Crippen molar-refractivity contribution >= 4 is 15.9 Å². The molecule has 0 aliphatic carbocycles. The maximum absolute atomic E-state index is 10.9. The van der Waals surface area contributed by atoms with Gasteiger partial charge in [0.15, 0.2) is 0 Å². The minimum absolute atomic E-state index is 0.424. The Hall–Kier alpha value is 0.130. The van der Waals surface area contributed by atoms with E-state index in [-0.39, 0.29) is 0 Å². The van der Waals surface area contributed by atoms with Crippen LogP contribution in [0.1, 0.15) is 0 Å². The molecule has 7 nitrogen and oxygen atoms in total. The first kappa shape index (κ1) is 11.1. The van der Waals surface area contributed by atoms with Gasteiger partial charge in [0.2, 0.25) is 0 Å². The Kier molecular flexibility index (Phi) is 4.96. The highest BCUT2D eigenvalue weighted by atomic mass is 31.2. The Morgan fingerprint density at radius 1 is 1.73 bits per heavy atom. The zero-order chi connectivity index (χ0) is 8.91. The van der Waals surface area contributed by atoms with Gasteiger partial charge in [-0.05, 0) is 0 Å². The molecule has 0 aliphatic rings. The smallest absolute Gasteiger partial charge is 0.320 e. The average Bonchev–Trinajstić information content (AvgIpc) is 2.00. The van der Waals surface area contributed by atoms with Crippen LogP contribution in [0, 0.1) is 0 Å². The predicted octanol–water partition coefficient (Wildman–Crippen LogP) is 0.340. The van der Waals surface area contributed by atoms with Gasteiger partial charge in [-0.15, -0.1) is 4.89 Å². The first-order valence-electron chi connectivity index (χ1n) is 2.41. The molecular formula is C2H8NO6P2+. The van der Waals surface area contributed by atoms with Crippen molar-refractivity contribution in [2.75, 3.05) is 13.4 Å². The van der Waals surface area contributed by atoms with Gasteiger partial charge < -0.3 is 10.3 Å². The molecule has 9 heteroatoms. The van der Waals surface area contributed by atoms with E-state index in [2.05, 4.69) is 13.9 Å². The predicted molar refractivity (Wildman–Crippen MR) is 35.7 cm³/mol. The summed E-state index contributed by atoms with van der Waals surface area (Å²) < 4.78 is 32.7. The van der Waals surface area contributed by atoms with Crippen molar-refractivity contribution in [3.8, 4) is 0 Å². The van der Waals surface area contributed by atoms with Gasteiger partial charge in [0.1, 0.15) is 0 Å². The van der Waals surface area contributed by atoms with Gasteiger partial charge in [0.05, 0.1) is 11.0 Å². The molecule has 0 radical (unpaired) electrons. The lowest BCUT2D eigenvalue weighted by Gasteiger charge is -2.06. The van der Waals surface area contributed by atoms with Crippen molar-refractivity contribution in [3.63, 3.8) is 0 Å². The van der Waals surface area contributed by atoms with E-state index in [4.69, 9.17) is 10.6 Å². The topological polar surface area (TPSA) is 108 Å². The molecule has 0 bridgehead atoms. The number of rotatable bonds is 5. The monoisotopic (exact) mass is 204 g/mol. The summed E-state index contributed by atoms with van der Waals surface area (Å²) in [6.45, 7) is 0. The Labute approximate surface area is 63.8 Å². The molecule has 0 aromatic carbocycles. The molecule has 2 unspecified atom stereocenters. The highest BCUT2D eigenvalue weighted by molar-refractivity contribution is 7.53. The van der Waals surface area contributed by atoms with E-state index >= 15 is 0 Å². The molecule has 0 rings (SSSR count). The summed E-state index contributed by atoms with van der Waals surface area (Å²) >= 11 is 0. The first-order chi connectivity index (χ1) is 5.04. The summed E-state index contributed by atoms with van der Waals surface area (Å²) in [6, 6.07) is 0. The standard InChI is InChI=1S/C2H7NO6P2/c1-7-11(6,2-3)9-8-10(4)5/h2-3H2,1H3/p+1. The van der Waals surface area contributed by atoms with Crippen LogP contribution in [0.3, 0.4) is 0 Å². The fraction of sp³-hybridized carbons (Fsp3) is 1.00. The third-order valence-electron chi connectivity index (χ3n) is 0.712. The van der Waals surface area contributed by atoms with E-state index in [0.717, 1.165) is 7.11 Å². The lowest BCUT2D eigenvalue weighted by molar-refractivity contribution is -0.112. The van der Waals surface area contributed by atoms with Crippen LogP contribution in [0.2, 0.25) is 0 Å². The fourth-order valence-electron chi connectivity index (χ4n) is 0.215. The van der Waals surface area contributed by atoms with Crippen LogP contribution < -0.4 is 5.73 Å². The van der Waals surface area contributed by atoms with Crippen molar-refractivity contribution in [1.29, 1.82) is 0 Å². The molecule has 0 amide bonds. The third-order valence-corrected chi connectivity index (χ3v) is 2.34. The zero-order valence-electron chi connectivity index (χ0n) is 5.67. The summed E-state index contributed by atoms with van der Waals surface area (Å²) in [4.78, 5) is 8.05. The summed E-state index contributed by atoms with van der Waals surface area (Å²) in [5.74, 6) is 0. The summed E-state index contributed by atoms with van der Waals surface area (Å²) in [5.41, 5.74) is 4.93. The zero-order valence-corrected chi connectivity index (χ0v) is 7.46. The van der Waals surface area contributed by atoms with Gasteiger partial charge in [-0.3, -0.25) is 4.57 Å². The van der Waals surface area contributed by atoms with Gasteiger partial charge in [0, 0.05) is 11.7 Å². The van der Waals surface area contributed by atoms with Crippen LogP contribution in [0.5, 0.6) is 0 Å². The van der Waals surface area contributed by atoms with Gasteiger partial charge in [-0.2, -0.15) is 0 Å². The average molecular weight is 204 g/mol. The fourth-order valence-corrected chi connectivity index (χ4v) is 1.12. The van der Waals surface area contributed by atoms with E-state index < -0.39 is 22.1 Å². The molecule has 2 atom stereocenters. The van der Waals surface area contributed by atoms with Gasteiger partial charge >= 0.3 is 15.9 Å². The van der Waals surface area contributed by atoms with Crippen LogP contribution in [0.25, 0.3) is 0 Å². The lowest BCUT2D eigenvalue weighted by Crippen LogP contribution is -2.04. The van der Waals surface area contributed by atoms with Crippen LogP contribution in [-0.2, 0) is 23.0 Å².